The summed E-state index contributed by atoms with van der Waals surface area (Å²) in [5.74, 6) is 0.639. The average molecular weight is 429 g/mol. The second-order valence-corrected chi connectivity index (χ2v) is 7.23. The number of ether oxygens (including phenoxy) is 2. The van der Waals surface area contributed by atoms with E-state index in [9.17, 15) is 9.59 Å². The minimum atomic E-state index is -0.931. The zero-order valence-corrected chi connectivity index (χ0v) is 17.8. The van der Waals surface area contributed by atoms with Gasteiger partial charge >= 0.3 is 5.63 Å². The van der Waals surface area contributed by atoms with Crippen molar-refractivity contribution in [3.63, 3.8) is 0 Å². The molecule has 1 aromatic heterocycles. The molecule has 0 aliphatic carbocycles. The van der Waals surface area contributed by atoms with Crippen LogP contribution < -0.4 is 20.4 Å². The fourth-order valence-electron chi connectivity index (χ4n) is 3.46. The van der Waals surface area contributed by atoms with Crippen molar-refractivity contribution in [3.8, 4) is 11.5 Å². The molecular weight excluding hydrogens is 406 g/mol. The van der Waals surface area contributed by atoms with Gasteiger partial charge in [-0.2, -0.15) is 0 Å². The highest BCUT2D eigenvalue weighted by molar-refractivity contribution is 5.96. The number of carbonyl (C=O) groups is 1. The maximum absolute atomic E-state index is 13.3. The van der Waals surface area contributed by atoms with Crippen molar-refractivity contribution in [2.75, 3.05) is 11.9 Å². The molecule has 1 heterocycles. The molecule has 0 bridgehead atoms. The minimum Gasteiger partial charge on any atom is -0.492 e. The number of nitrogens with one attached hydrogen (secondary N) is 1. The van der Waals surface area contributed by atoms with E-state index in [1.165, 1.54) is 6.07 Å². The summed E-state index contributed by atoms with van der Waals surface area (Å²) in [4.78, 5) is 25.1. The van der Waals surface area contributed by atoms with Gasteiger partial charge in [-0.05, 0) is 43.7 Å². The SMILES string of the molecule is CCOc1ccccc1NC(=O)C(Oc1ccc2c(C)cc(=O)oc2c1)c1ccccc1. The molecule has 1 atom stereocenters. The molecule has 0 saturated carbocycles. The van der Waals surface area contributed by atoms with Gasteiger partial charge in [0, 0.05) is 23.1 Å². The van der Waals surface area contributed by atoms with Gasteiger partial charge in [0.05, 0.1) is 12.3 Å². The van der Waals surface area contributed by atoms with E-state index >= 15 is 0 Å². The summed E-state index contributed by atoms with van der Waals surface area (Å²) in [5.41, 5.74) is 2.03. The quantitative estimate of drug-likeness (QED) is 0.406. The third kappa shape index (κ3) is 4.64. The molecule has 4 rings (SSSR count). The third-order valence-corrected chi connectivity index (χ3v) is 4.96. The maximum Gasteiger partial charge on any atom is 0.336 e. The lowest BCUT2D eigenvalue weighted by Gasteiger charge is -2.20. The molecule has 0 fully saturated rings. The smallest absolute Gasteiger partial charge is 0.336 e. The molecule has 0 radical (unpaired) electrons. The van der Waals surface area contributed by atoms with Crippen molar-refractivity contribution in [2.45, 2.75) is 20.0 Å². The number of rotatable bonds is 7. The predicted molar refractivity (Wildman–Crippen MR) is 123 cm³/mol. The zero-order valence-electron chi connectivity index (χ0n) is 17.8. The van der Waals surface area contributed by atoms with Gasteiger partial charge in [-0.1, -0.05) is 42.5 Å². The Hall–Kier alpha value is -4.06. The molecule has 32 heavy (non-hydrogen) atoms. The fourth-order valence-corrected chi connectivity index (χ4v) is 3.46. The van der Waals surface area contributed by atoms with E-state index in [0.717, 1.165) is 10.9 Å². The van der Waals surface area contributed by atoms with E-state index in [1.807, 2.05) is 62.4 Å². The van der Waals surface area contributed by atoms with Crippen LogP contribution in [0, 0.1) is 6.92 Å². The van der Waals surface area contributed by atoms with Crippen LogP contribution in [0.3, 0.4) is 0 Å². The van der Waals surface area contributed by atoms with Crippen molar-refractivity contribution in [2.24, 2.45) is 0 Å². The molecule has 4 aromatic rings. The lowest BCUT2D eigenvalue weighted by molar-refractivity contribution is -0.123. The number of para-hydroxylation sites is 2. The van der Waals surface area contributed by atoms with Gasteiger partial charge in [-0.3, -0.25) is 4.79 Å². The van der Waals surface area contributed by atoms with E-state index in [0.29, 0.717) is 34.9 Å². The molecule has 0 saturated heterocycles. The molecule has 0 spiro atoms. The highest BCUT2D eigenvalue weighted by Crippen LogP contribution is 2.29. The summed E-state index contributed by atoms with van der Waals surface area (Å²) >= 11 is 0. The highest BCUT2D eigenvalue weighted by Gasteiger charge is 2.24. The van der Waals surface area contributed by atoms with Crippen LogP contribution in [0.1, 0.15) is 24.2 Å². The second-order valence-electron chi connectivity index (χ2n) is 7.23. The topological polar surface area (TPSA) is 77.8 Å². The molecule has 0 aliphatic heterocycles. The molecule has 6 heteroatoms. The molecular formula is C26H23NO5. The standard InChI is InChI=1S/C26H23NO5/c1-3-30-22-12-8-7-11-21(22)27-26(29)25(18-9-5-4-6-10-18)31-19-13-14-20-17(2)15-24(28)32-23(20)16-19/h4-16,25H,3H2,1-2H3,(H,27,29). The monoisotopic (exact) mass is 429 g/mol. The van der Waals surface area contributed by atoms with Gasteiger partial charge < -0.3 is 19.2 Å². The van der Waals surface area contributed by atoms with Crippen LogP contribution in [-0.2, 0) is 4.79 Å². The van der Waals surface area contributed by atoms with Crippen LogP contribution in [0.5, 0.6) is 11.5 Å². The van der Waals surface area contributed by atoms with Crippen LogP contribution in [0.25, 0.3) is 11.0 Å². The van der Waals surface area contributed by atoms with Crippen LogP contribution in [-0.4, -0.2) is 12.5 Å². The molecule has 3 aromatic carbocycles. The predicted octanol–water partition coefficient (Wildman–Crippen LogP) is 5.26. The number of hydrogen-bond donors (Lipinski definition) is 1. The second kappa shape index (κ2) is 9.39. The molecule has 1 unspecified atom stereocenters. The molecule has 162 valence electrons. The first-order chi connectivity index (χ1) is 15.5. The van der Waals surface area contributed by atoms with Crippen molar-refractivity contribution < 1.29 is 18.7 Å². The first-order valence-electron chi connectivity index (χ1n) is 10.3. The summed E-state index contributed by atoms with van der Waals surface area (Å²) in [6.07, 6.45) is -0.931. The van der Waals surface area contributed by atoms with Gasteiger partial charge in [0.15, 0.2) is 0 Å². The van der Waals surface area contributed by atoms with Crippen molar-refractivity contribution in [3.05, 3.63) is 100 Å². The number of hydrogen-bond acceptors (Lipinski definition) is 5. The van der Waals surface area contributed by atoms with Crippen LogP contribution in [0.15, 0.2) is 88.1 Å². The normalized spacial score (nSPS) is 11.7. The summed E-state index contributed by atoms with van der Waals surface area (Å²) in [5, 5.41) is 3.72. The average Bonchev–Trinajstić information content (AvgIpc) is 2.79. The van der Waals surface area contributed by atoms with Gasteiger partial charge in [0.2, 0.25) is 6.10 Å². The van der Waals surface area contributed by atoms with Crippen LogP contribution >= 0.6 is 0 Å². The van der Waals surface area contributed by atoms with Crippen molar-refractivity contribution in [1.82, 2.24) is 0 Å². The largest absolute Gasteiger partial charge is 0.492 e. The Labute approximate surface area is 185 Å². The van der Waals surface area contributed by atoms with Crippen molar-refractivity contribution >= 4 is 22.6 Å². The Balaban J connectivity index is 1.67. The Bertz CT molecular complexity index is 1300. The van der Waals surface area contributed by atoms with Gasteiger partial charge in [-0.25, -0.2) is 4.79 Å². The number of aryl methyl sites for hydroxylation is 1. The molecule has 6 nitrogen and oxygen atoms in total. The van der Waals surface area contributed by atoms with E-state index in [2.05, 4.69) is 5.32 Å². The first-order valence-corrected chi connectivity index (χ1v) is 10.3. The van der Waals surface area contributed by atoms with E-state index in [1.54, 1.807) is 24.3 Å². The number of fused-ring (bicyclic) bond motifs is 1. The fraction of sp³-hybridized carbons (Fsp3) is 0.154. The minimum absolute atomic E-state index is 0.353. The lowest BCUT2D eigenvalue weighted by Crippen LogP contribution is -2.26. The van der Waals surface area contributed by atoms with Gasteiger partial charge in [0.1, 0.15) is 17.1 Å². The molecule has 1 N–H and O–H groups in total. The molecule has 1 amide bonds. The van der Waals surface area contributed by atoms with Crippen molar-refractivity contribution in [1.29, 1.82) is 0 Å². The first kappa shape index (κ1) is 21.2. The summed E-state index contributed by atoms with van der Waals surface area (Å²) < 4.78 is 17.0. The lowest BCUT2D eigenvalue weighted by atomic mass is 10.1. The Morgan fingerprint density at radius 3 is 2.53 bits per heavy atom. The number of amides is 1. The highest BCUT2D eigenvalue weighted by atomic mass is 16.5. The zero-order chi connectivity index (χ0) is 22.5. The Kier molecular flexibility index (Phi) is 6.22. The number of anilines is 1. The summed E-state index contributed by atoms with van der Waals surface area (Å²) in [7, 11) is 0. The van der Waals surface area contributed by atoms with Crippen LogP contribution in [0.2, 0.25) is 0 Å². The van der Waals surface area contributed by atoms with Gasteiger partial charge in [-0.15, -0.1) is 0 Å². The third-order valence-electron chi connectivity index (χ3n) is 4.96. The van der Waals surface area contributed by atoms with E-state index < -0.39 is 11.7 Å². The molecule has 0 aliphatic rings. The Morgan fingerprint density at radius 2 is 1.75 bits per heavy atom. The summed E-state index contributed by atoms with van der Waals surface area (Å²) in [6, 6.07) is 23.1. The van der Waals surface area contributed by atoms with E-state index in [4.69, 9.17) is 13.9 Å². The number of benzene rings is 3. The van der Waals surface area contributed by atoms with Crippen LogP contribution in [0.4, 0.5) is 5.69 Å². The number of carbonyl (C=O) groups excluding carboxylic acids is 1. The maximum atomic E-state index is 13.3. The van der Waals surface area contributed by atoms with Gasteiger partial charge in [0.25, 0.3) is 5.91 Å². The van der Waals surface area contributed by atoms with E-state index in [-0.39, 0.29) is 5.91 Å². The summed E-state index contributed by atoms with van der Waals surface area (Å²) in [6.45, 7) is 4.21. The Morgan fingerprint density at radius 1 is 1.00 bits per heavy atom.